The number of hydrogen-bond donors (Lipinski definition) is 0. The summed E-state index contributed by atoms with van der Waals surface area (Å²) in [6, 6.07) is 0. The molecule has 2 bridgehead atoms. The summed E-state index contributed by atoms with van der Waals surface area (Å²) in [7, 11) is 0. The largest absolute Gasteiger partial charge is 0.465 e. The standard InChI is InChI=1S/C12H16O3/c1-2-15-11(14)12-7-3-5-9(10(12)13)6-4-8-12/h3,5,9H,2,4,6-8H2,1H3/t9-,12-/m1/s1. The lowest BCUT2D eigenvalue weighted by Gasteiger charge is -2.38. The summed E-state index contributed by atoms with van der Waals surface area (Å²) >= 11 is 0. The van der Waals surface area contributed by atoms with Gasteiger partial charge in [0.05, 0.1) is 6.61 Å². The van der Waals surface area contributed by atoms with Crippen molar-refractivity contribution in [3.8, 4) is 0 Å². The Labute approximate surface area is 89.5 Å². The van der Waals surface area contributed by atoms with Crippen molar-refractivity contribution in [2.45, 2.75) is 32.6 Å². The SMILES string of the molecule is CCOC(=O)[C@]12CC=C[C@H](CCC1)C2=O. The lowest BCUT2D eigenvalue weighted by Crippen LogP contribution is -2.47. The van der Waals surface area contributed by atoms with Gasteiger partial charge in [-0.25, -0.2) is 0 Å². The van der Waals surface area contributed by atoms with Gasteiger partial charge in [0.15, 0.2) is 5.78 Å². The van der Waals surface area contributed by atoms with Gasteiger partial charge in [-0.2, -0.15) is 0 Å². The number of hydrogen-bond acceptors (Lipinski definition) is 3. The van der Waals surface area contributed by atoms with E-state index in [2.05, 4.69) is 0 Å². The van der Waals surface area contributed by atoms with Gasteiger partial charge in [0.1, 0.15) is 5.41 Å². The maximum atomic E-state index is 12.1. The van der Waals surface area contributed by atoms with E-state index in [1.165, 1.54) is 0 Å². The molecule has 0 aliphatic heterocycles. The monoisotopic (exact) mass is 208 g/mol. The summed E-state index contributed by atoms with van der Waals surface area (Å²) in [5, 5.41) is 0. The molecule has 82 valence electrons. The second-order valence-electron chi connectivity index (χ2n) is 4.30. The molecule has 0 aromatic rings. The molecule has 3 heteroatoms. The van der Waals surface area contributed by atoms with Crippen LogP contribution in [0.15, 0.2) is 12.2 Å². The fourth-order valence-electron chi connectivity index (χ4n) is 2.61. The number of carbonyl (C=O) groups excluding carboxylic acids is 2. The predicted molar refractivity (Wildman–Crippen MR) is 55.2 cm³/mol. The average Bonchev–Trinajstić information content (AvgIpc) is 2.18. The van der Waals surface area contributed by atoms with Gasteiger partial charge in [0, 0.05) is 5.92 Å². The Morgan fingerprint density at radius 2 is 2.47 bits per heavy atom. The Bertz CT molecular complexity index is 319. The van der Waals surface area contributed by atoms with Crippen molar-refractivity contribution in [1.82, 2.24) is 0 Å². The maximum absolute atomic E-state index is 12.1. The van der Waals surface area contributed by atoms with Crippen LogP contribution in [-0.4, -0.2) is 18.4 Å². The Morgan fingerprint density at radius 3 is 3.20 bits per heavy atom. The van der Waals surface area contributed by atoms with Crippen LogP contribution in [-0.2, 0) is 14.3 Å². The molecule has 1 fully saturated rings. The first-order valence-electron chi connectivity index (χ1n) is 5.59. The highest BCUT2D eigenvalue weighted by molar-refractivity contribution is 6.06. The van der Waals surface area contributed by atoms with Crippen LogP contribution < -0.4 is 0 Å². The van der Waals surface area contributed by atoms with E-state index in [9.17, 15) is 9.59 Å². The second kappa shape index (κ2) is 3.80. The van der Waals surface area contributed by atoms with Crippen molar-refractivity contribution >= 4 is 11.8 Å². The molecule has 0 saturated heterocycles. The number of fused-ring (bicyclic) bond motifs is 2. The Morgan fingerprint density at radius 1 is 1.67 bits per heavy atom. The Hall–Kier alpha value is -1.12. The fourth-order valence-corrected chi connectivity index (χ4v) is 2.61. The smallest absolute Gasteiger partial charge is 0.319 e. The van der Waals surface area contributed by atoms with Crippen LogP contribution >= 0.6 is 0 Å². The van der Waals surface area contributed by atoms with Crippen molar-refractivity contribution < 1.29 is 14.3 Å². The molecule has 0 spiro atoms. The van der Waals surface area contributed by atoms with Crippen molar-refractivity contribution in [3.05, 3.63) is 12.2 Å². The van der Waals surface area contributed by atoms with Gasteiger partial charge in [-0.05, 0) is 26.2 Å². The van der Waals surface area contributed by atoms with Gasteiger partial charge in [-0.1, -0.05) is 18.6 Å². The number of esters is 1. The zero-order valence-corrected chi connectivity index (χ0v) is 8.99. The van der Waals surface area contributed by atoms with Gasteiger partial charge in [-0.3, -0.25) is 9.59 Å². The number of Topliss-reactive ketones (excluding diaryl/α,β-unsaturated/α-hetero) is 1. The number of carbonyl (C=O) groups is 2. The number of allylic oxidation sites excluding steroid dienone is 2. The van der Waals surface area contributed by atoms with Crippen molar-refractivity contribution in [3.63, 3.8) is 0 Å². The average molecular weight is 208 g/mol. The zero-order chi connectivity index (χ0) is 10.9. The first kappa shape index (κ1) is 10.4. The van der Waals surface area contributed by atoms with Gasteiger partial charge in [0.25, 0.3) is 0 Å². The third-order valence-corrected chi connectivity index (χ3v) is 3.43. The van der Waals surface area contributed by atoms with E-state index in [-0.39, 0.29) is 17.7 Å². The lowest BCUT2D eigenvalue weighted by molar-refractivity contribution is -0.163. The summed E-state index contributed by atoms with van der Waals surface area (Å²) in [5.74, 6) is -0.282. The summed E-state index contributed by atoms with van der Waals surface area (Å²) in [5.41, 5.74) is -0.840. The van der Waals surface area contributed by atoms with Crippen LogP contribution in [0, 0.1) is 11.3 Å². The van der Waals surface area contributed by atoms with E-state index in [0.717, 1.165) is 12.8 Å². The quantitative estimate of drug-likeness (QED) is 0.395. The minimum absolute atomic E-state index is 0.0445. The minimum Gasteiger partial charge on any atom is -0.465 e. The summed E-state index contributed by atoms with van der Waals surface area (Å²) in [6.07, 6.45) is 6.92. The maximum Gasteiger partial charge on any atom is 0.319 e. The third kappa shape index (κ3) is 1.50. The van der Waals surface area contributed by atoms with Gasteiger partial charge in [-0.15, -0.1) is 0 Å². The molecule has 0 heterocycles. The molecule has 0 amide bonds. The van der Waals surface area contributed by atoms with Crippen molar-refractivity contribution in [2.24, 2.45) is 11.3 Å². The van der Waals surface area contributed by atoms with Gasteiger partial charge in [0.2, 0.25) is 0 Å². The van der Waals surface area contributed by atoms with Crippen molar-refractivity contribution in [2.75, 3.05) is 6.61 Å². The molecular formula is C12H16O3. The number of ether oxygens (including phenoxy) is 1. The first-order chi connectivity index (χ1) is 7.20. The molecule has 0 radical (unpaired) electrons. The van der Waals surface area contributed by atoms with Gasteiger partial charge >= 0.3 is 5.97 Å². The van der Waals surface area contributed by atoms with Crippen LogP contribution in [0.5, 0.6) is 0 Å². The normalized spacial score (nSPS) is 33.9. The van der Waals surface area contributed by atoms with Crippen LogP contribution in [0.25, 0.3) is 0 Å². The van der Waals surface area contributed by atoms with E-state index in [0.29, 0.717) is 19.4 Å². The lowest BCUT2D eigenvalue weighted by atomic mass is 9.64. The molecule has 1 saturated carbocycles. The molecule has 2 rings (SSSR count). The zero-order valence-electron chi connectivity index (χ0n) is 8.99. The Kier molecular flexibility index (Phi) is 2.63. The fraction of sp³-hybridized carbons (Fsp3) is 0.667. The van der Waals surface area contributed by atoms with Crippen molar-refractivity contribution in [1.29, 1.82) is 0 Å². The summed E-state index contributed by atoms with van der Waals surface area (Å²) in [6.45, 7) is 2.13. The topological polar surface area (TPSA) is 43.4 Å². The summed E-state index contributed by atoms with van der Waals surface area (Å²) < 4.78 is 5.03. The summed E-state index contributed by atoms with van der Waals surface area (Å²) in [4.78, 5) is 24.0. The molecule has 2 atom stereocenters. The van der Waals surface area contributed by atoms with Crippen LogP contribution in [0.2, 0.25) is 0 Å². The highest BCUT2D eigenvalue weighted by Gasteiger charge is 2.51. The molecule has 0 unspecified atom stereocenters. The van der Waals surface area contributed by atoms with E-state index < -0.39 is 5.41 Å². The van der Waals surface area contributed by atoms with Gasteiger partial charge < -0.3 is 4.74 Å². The highest BCUT2D eigenvalue weighted by atomic mass is 16.5. The number of ketones is 1. The highest BCUT2D eigenvalue weighted by Crippen LogP contribution is 2.43. The van der Waals surface area contributed by atoms with E-state index >= 15 is 0 Å². The second-order valence-corrected chi connectivity index (χ2v) is 4.30. The molecule has 2 aliphatic rings. The Balaban J connectivity index is 2.28. The van der Waals surface area contributed by atoms with Crippen LogP contribution in [0.1, 0.15) is 32.6 Å². The first-order valence-corrected chi connectivity index (χ1v) is 5.59. The van der Waals surface area contributed by atoms with E-state index in [4.69, 9.17) is 4.74 Å². The molecule has 2 aliphatic carbocycles. The molecule has 3 nitrogen and oxygen atoms in total. The molecular weight excluding hydrogens is 192 g/mol. The molecule has 15 heavy (non-hydrogen) atoms. The minimum atomic E-state index is -0.840. The third-order valence-electron chi connectivity index (χ3n) is 3.43. The molecule has 0 aromatic carbocycles. The molecule has 0 N–H and O–H groups in total. The number of rotatable bonds is 2. The van der Waals surface area contributed by atoms with Crippen LogP contribution in [0.4, 0.5) is 0 Å². The van der Waals surface area contributed by atoms with Crippen LogP contribution in [0.3, 0.4) is 0 Å². The molecule has 0 aromatic heterocycles. The van der Waals surface area contributed by atoms with E-state index in [1.807, 2.05) is 12.2 Å². The van der Waals surface area contributed by atoms with E-state index in [1.54, 1.807) is 6.92 Å². The predicted octanol–water partition coefficient (Wildman–Crippen LogP) is 1.86.